The van der Waals surface area contributed by atoms with Gasteiger partial charge in [-0.3, -0.25) is 0 Å². The Bertz CT molecular complexity index is 828. The van der Waals surface area contributed by atoms with Gasteiger partial charge in [0.05, 0.1) is 0 Å². The van der Waals surface area contributed by atoms with Gasteiger partial charge in [0.1, 0.15) is 5.75 Å². The molecule has 0 fully saturated rings. The van der Waals surface area contributed by atoms with Gasteiger partial charge in [-0.25, -0.2) is 9.72 Å². The lowest BCUT2D eigenvalue weighted by Gasteiger charge is -2.27. The lowest BCUT2D eigenvalue weighted by atomic mass is 9.78. The van der Waals surface area contributed by atoms with Crippen LogP contribution in [0, 0.1) is 5.21 Å². The van der Waals surface area contributed by atoms with Gasteiger partial charge in [-0.2, -0.15) is 4.37 Å². The number of aromatic hydroxyl groups is 1. The second-order valence-electron chi connectivity index (χ2n) is 10.0. The van der Waals surface area contributed by atoms with E-state index in [0.29, 0.717) is 16.6 Å². The zero-order chi connectivity index (χ0) is 20.8. The minimum Gasteiger partial charge on any atom is -0.623 e. The summed E-state index contributed by atoms with van der Waals surface area (Å²) in [6, 6.07) is 3.91. The van der Waals surface area contributed by atoms with Crippen molar-refractivity contribution in [1.29, 1.82) is 0 Å². The molecule has 0 unspecified atom stereocenters. The second-order valence-corrected chi connectivity index (χ2v) is 10.8. The van der Waals surface area contributed by atoms with Gasteiger partial charge in [0.2, 0.25) is 11.2 Å². The Kier molecular flexibility index (Phi) is 5.45. The zero-order valence-corrected chi connectivity index (χ0v) is 18.7. The molecule has 0 saturated heterocycles. The third-order valence-electron chi connectivity index (χ3n) is 4.31. The summed E-state index contributed by atoms with van der Waals surface area (Å²) in [4.78, 5) is 4.54. The van der Waals surface area contributed by atoms with Crippen molar-refractivity contribution >= 4 is 17.7 Å². The van der Waals surface area contributed by atoms with Crippen LogP contribution in [0.5, 0.6) is 5.75 Å². The smallest absolute Gasteiger partial charge is 0.212 e. The number of nitrogens with zero attached hydrogens (tertiary/aromatic N) is 3. The van der Waals surface area contributed by atoms with Crippen LogP contribution in [0.1, 0.15) is 78.4 Å². The molecule has 0 aliphatic rings. The first-order valence-electron chi connectivity index (χ1n) is 9.14. The normalized spacial score (nSPS) is 13.9. The predicted molar refractivity (Wildman–Crippen MR) is 113 cm³/mol. The van der Waals surface area contributed by atoms with Crippen LogP contribution < -0.4 is 0 Å². The average Bonchev–Trinajstić information content (AvgIpc) is 2.92. The van der Waals surface area contributed by atoms with E-state index in [1.807, 2.05) is 32.9 Å². The molecule has 0 atom stereocenters. The molecule has 0 aliphatic heterocycles. The van der Waals surface area contributed by atoms with Crippen LogP contribution in [0.2, 0.25) is 0 Å². The van der Waals surface area contributed by atoms with Crippen LogP contribution >= 0.6 is 11.5 Å². The van der Waals surface area contributed by atoms with Crippen molar-refractivity contribution in [2.24, 2.45) is 0 Å². The molecule has 1 N–H and O–H groups in total. The Balaban J connectivity index is 2.60. The number of hydrogen-bond donors (Lipinski definition) is 1. The van der Waals surface area contributed by atoms with Crippen molar-refractivity contribution in [3.63, 3.8) is 0 Å². The number of rotatable bonds is 2. The van der Waals surface area contributed by atoms with Crippen LogP contribution in [-0.2, 0) is 10.8 Å². The van der Waals surface area contributed by atoms with E-state index in [9.17, 15) is 10.3 Å². The molecule has 2 aromatic rings. The molecular formula is C21H31N3O2S. The summed E-state index contributed by atoms with van der Waals surface area (Å²) in [5.74, 6) is 0.906. The Morgan fingerprint density at radius 3 is 1.85 bits per heavy atom. The maximum absolute atomic E-state index is 12.2. The number of phenolic OH excluding ortho intramolecular Hbond substituents is 1. The fourth-order valence-electron chi connectivity index (χ4n) is 2.61. The van der Waals surface area contributed by atoms with Gasteiger partial charge in [-0.05, 0) is 34.5 Å². The Hall–Kier alpha value is -1.95. The Morgan fingerprint density at radius 2 is 1.44 bits per heavy atom. The number of phenols is 1. The second kappa shape index (κ2) is 6.89. The summed E-state index contributed by atoms with van der Waals surface area (Å²) >= 11 is 1.20. The first-order valence-corrected chi connectivity index (χ1v) is 9.91. The van der Waals surface area contributed by atoms with E-state index in [1.165, 1.54) is 17.7 Å². The summed E-state index contributed by atoms with van der Waals surface area (Å²) in [5.41, 5.74) is 1.62. The van der Waals surface area contributed by atoms with Crippen LogP contribution in [0.3, 0.4) is 0 Å². The van der Waals surface area contributed by atoms with Gasteiger partial charge in [-0.15, -0.1) is 0 Å². The zero-order valence-electron chi connectivity index (χ0n) is 17.8. The number of hydroxylamine groups is 1. The van der Waals surface area contributed by atoms with Crippen molar-refractivity contribution in [2.75, 3.05) is 0 Å². The number of hydrogen-bond acceptors (Lipinski definition) is 5. The molecule has 0 bridgehead atoms. The van der Waals surface area contributed by atoms with Gasteiger partial charge >= 0.3 is 0 Å². The molecule has 0 saturated carbocycles. The minimum atomic E-state index is -0.525. The molecule has 1 aromatic heterocycles. The van der Waals surface area contributed by atoms with Crippen molar-refractivity contribution < 1.29 is 9.85 Å². The molecule has 5 nitrogen and oxygen atoms in total. The third-order valence-corrected chi connectivity index (χ3v) is 4.96. The molecular weight excluding hydrogens is 358 g/mol. The molecule has 1 heterocycles. The maximum atomic E-state index is 12.2. The van der Waals surface area contributed by atoms with E-state index in [0.717, 1.165) is 21.4 Å². The van der Waals surface area contributed by atoms with Crippen molar-refractivity contribution in [2.45, 2.75) is 78.7 Å². The lowest BCUT2D eigenvalue weighted by molar-refractivity contribution is -0.530. The van der Waals surface area contributed by atoms with Gasteiger partial charge in [-0.1, -0.05) is 41.5 Å². The number of aromatic nitrogens is 2. The molecule has 2 rings (SSSR count). The van der Waals surface area contributed by atoms with Crippen molar-refractivity contribution in [3.05, 3.63) is 33.5 Å². The highest BCUT2D eigenvalue weighted by Gasteiger charge is 2.27. The van der Waals surface area contributed by atoms with Crippen LogP contribution in [0.4, 0.5) is 0 Å². The maximum Gasteiger partial charge on any atom is 0.212 e. The van der Waals surface area contributed by atoms with Crippen LogP contribution in [0.15, 0.2) is 12.1 Å². The van der Waals surface area contributed by atoms with Crippen LogP contribution in [-0.4, -0.2) is 31.0 Å². The molecule has 1 aromatic carbocycles. The van der Waals surface area contributed by atoms with E-state index < -0.39 is 5.54 Å². The largest absolute Gasteiger partial charge is 0.623 e. The van der Waals surface area contributed by atoms with E-state index >= 15 is 0 Å². The standard InChI is InChI=1S/C21H31N3O2S/c1-19(2,3)14-10-13(11-15(17(14)25)20(4,5)6)18-22-16(27-23-18)12-24(26)21(7,8)9/h10-12,25H,1-9H3/b24-12-. The van der Waals surface area contributed by atoms with E-state index in [1.54, 1.807) is 0 Å². The highest BCUT2D eigenvalue weighted by atomic mass is 32.1. The molecule has 148 valence electrons. The van der Waals surface area contributed by atoms with Crippen molar-refractivity contribution in [1.82, 2.24) is 9.36 Å². The fourth-order valence-corrected chi connectivity index (χ4v) is 3.20. The van der Waals surface area contributed by atoms with Gasteiger partial charge < -0.3 is 10.3 Å². The minimum absolute atomic E-state index is 0.219. The monoisotopic (exact) mass is 389 g/mol. The summed E-state index contributed by atoms with van der Waals surface area (Å²) < 4.78 is 5.35. The average molecular weight is 390 g/mol. The van der Waals surface area contributed by atoms with Gasteiger partial charge in [0.15, 0.2) is 11.4 Å². The third kappa shape index (κ3) is 4.86. The van der Waals surface area contributed by atoms with E-state index in [-0.39, 0.29) is 10.8 Å². The SMILES string of the molecule is CC(C)(C)c1cc(-c2nsc(/C=[N+](\[O-])C(C)(C)C)n2)cc(C(C)(C)C)c1O. The first kappa shape index (κ1) is 21.4. The fraction of sp³-hybridized carbons (Fsp3) is 0.571. The lowest BCUT2D eigenvalue weighted by Crippen LogP contribution is -2.29. The molecule has 27 heavy (non-hydrogen) atoms. The summed E-state index contributed by atoms with van der Waals surface area (Å²) in [6.07, 6.45) is 1.48. The first-order chi connectivity index (χ1) is 12.1. The highest BCUT2D eigenvalue weighted by molar-refractivity contribution is 7.07. The topological polar surface area (TPSA) is 72.1 Å². The van der Waals surface area contributed by atoms with Crippen LogP contribution in [0.25, 0.3) is 11.4 Å². The molecule has 0 radical (unpaired) electrons. The Morgan fingerprint density at radius 1 is 0.963 bits per heavy atom. The van der Waals surface area contributed by atoms with Gasteiger partial charge in [0.25, 0.3) is 0 Å². The summed E-state index contributed by atoms with van der Waals surface area (Å²) in [6.45, 7) is 18.0. The molecule has 0 spiro atoms. The van der Waals surface area contributed by atoms with E-state index in [4.69, 9.17) is 0 Å². The molecule has 0 aliphatic carbocycles. The predicted octanol–water partition coefficient (Wildman–Crippen LogP) is 5.23. The quantitative estimate of drug-likeness (QED) is 0.330. The molecule has 6 heteroatoms. The summed E-state index contributed by atoms with van der Waals surface area (Å²) in [5, 5.41) is 23.6. The van der Waals surface area contributed by atoms with Gasteiger partial charge in [0, 0.05) is 37.5 Å². The number of benzene rings is 1. The summed E-state index contributed by atoms with van der Waals surface area (Å²) in [7, 11) is 0. The van der Waals surface area contributed by atoms with Crippen molar-refractivity contribution in [3.8, 4) is 17.1 Å². The Labute approximate surface area is 166 Å². The van der Waals surface area contributed by atoms with E-state index in [2.05, 4.69) is 50.9 Å². The highest BCUT2D eigenvalue weighted by Crippen LogP contribution is 2.41. The molecule has 0 amide bonds.